The van der Waals surface area contributed by atoms with Gasteiger partial charge in [0.1, 0.15) is 30.2 Å². The summed E-state index contributed by atoms with van der Waals surface area (Å²) in [7, 11) is 0. The Kier molecular flexibility index (Phi) is 16.2. The number of carbonyl (C=O) groups is 9. The fourth-order valence-corrected chi connectivity index (χ4v) is 4.51. The Balaban J connectivity index is 2.06. The third-order valence-corrected chi connectivity index (χ3v) is 7.07. The van der Waals surface area contributed by atoms with Crippen LogP contribution in [-0.2, 0) is 49.6 Å². The van der Waals surface area contributed by atoms with Crippen LogP contribution in [-0.4, -0.2) is 151 Å². The minimum atomic E-state index is -2.00. The molecular weight excluding hydrogens is 674 g/mol. The summed E-state index contributed by atoms with van der Waals surface area (Å²) in [5, 5.41) is 62.8. The van der Waals surface area contributed by atoms with Crippen molar-refractivity contribution in [2.45, 2.75) is 68.4 Å². The van der Waals surface area contributed by atoms with E-state index in [0.717, 1.165) is 6.42 Å². The number of amides is 6. The van der Waals surface area contributed by atoms with Gasteiger partial charge in [0.25, 0.3) is 0 Å². The summed E-state index contributed by atoms with van der Waals surface area (Å²) in [4.78, 5) is 117. The Morgan fingerprint density at radius 2 is 1.24 bits per heavy atom. The number of aliphatic hydroxyl groups excluding tert-OH is 2. The van der Waals surface area contributed by atoms with E-state index in [2.05, 4.69) is 31.2 Å². The summed E-state index contributed by atoms with van der Waals surface area (Å²) in [6.45, 7) is -2.25. The van der Waals surface area contributed by atoms with Crippen molar-refractivity contribution in [1.29, 1.82) is 0 Å². The standard InChI is InChI=1S/C27H39N9O14/c37-9-17(25(47)34-16(27(49)50)4-12-7-28-11-31-12)36-26(48)18(10-38)35-24(46)15(6-21(42)43)33-23(45)14(5-20(40)41)32-19(39)8-30-22(44)13-2-1-3-29-13/h7,11,13-18,29,37-38H,1-6,8-10H2,(H,28,31)(H,30,44)(H,32,39)(H,33,45)(H,34,47)(H,35,46)(H,36,48)(H,40,41)(H,42,43)(H,49,50). The van der Waals surface area contributed by atoms with Gasteiger partial charge in [-0.2, -0.15) is 0 Å². The number of aliphatic carboxylic acids is 3. The van der Waals surface area contributed by atoms with Crippen LogP contribution in [0.4, 0.5) is 0 Å². The van der Waals surface area contributed by atoms with E-state index in [-0.39, 0.29) is 6.42 Å². The number of carbonyl (C=O) groups excluding carboxylic acids is 6. The summed E-state index contributed by atoms with van der Waals surface area (Å²) >= 11 is 0. The van der Waals surface area contributed by atoms with E-state index in [1.807, 2.05) is 16.0 Å². The molecule has 6 atom stereocenters. The zero-order valence-corrected chi connectivity index (χ0v) is 26.3. The Labute approximate surface area is 282 Å². The van der Waals surface area contributed by atoms with E-state index in [1.165, 1.54) is 12.5 Å². The van der Waals surface area contributed by atoms with Crippen LogP contribution in [0, 0.1) is 0 Å². The molecule has 1 aliphatic heterocycles. The lowest BCUT2D eigenvalue weighted by molar-refractivity contribution is -0.143. The van der Waals surface area contributed by atoms with Crippen LogP contribution in [0.25, 0.3) is 0 Å². The zero-order chi connectivity index (χ0) is 37.4. The fraction of sp³-hybridized carbons (Fsp3) is 0.556. The predicted octanol–water partition coefficient (Wildman–Crippen LogP) is -6.74. The molecule has 0 radical (unpaired) electrons. The summed E-state index contributed by atoms with van der Waals surface area (Å²) in [6, 6.07) is -9.61. The van der Waals surface area contributed by atoms with Crippen LogP contribution < -0.4 is 37.2 Å². The minimum absolute atomic E-state index is 0.245. The summed E-state index contributed by atoms with van der Waals surface area (Å²) < 4.78 is 0. The molecule has 0 spiro atoms. The number of nitrogens with one attached hydrogen (secondary N) is 8. The smallest absolute Gasteiger partial charge is 0.326 e. The number of rotatable bonds is 21. The summed E-state index contributed by atoms with van der Waals surface area (Å²) in [5.74, 6) is -11.3. The molecule has 0 bridgehead atoms. The Bertz CT molecular complexity index is 1400. The number of aliphatic hydroxyl groups is 2. The highest BCUT2D eigenvalue weighted by Gasteiger charge is 2.34. The van der Waals surface area contributed by atoms with Gasteiger partial charge in [0.15, 0.2) is 0 Å². The molecule has 2 heterocycles. The van der Waals surface area contributed by atoms with E-state index in [9.17, 15) is 68.7 Å². The number of H-pyrrole nitrogens is 1. The molecule has 13 N–H and O–H groups in total. The van der Waals surface area contributed by atoms with E-state index in [1.54, 1.807) is 0 Å². The molecule has 0 aromatic carbocycles. The first kappa shape index (κ1) is 40.5. The van der Waals surface area contributed by atoms with Crippen LogP contribution in [0.3, 0.4) is 0 Å². The molecule has 1 saturated heterocycles. The number of aromatic nitrogens is 2. The molecule has 6 unspecified atom stereocenters. The molecule has 0 saturated carbocycles. The van der Waals surface area contributed by atoms with E-state index in [4.69, 9.17) is 0 Å². The van der Waals surface area contributed by atoms with Gasteiger partial charge in [-0.05, 0) is 19.4 Å². The van der Waals surface area contributed by atoms with Gasteiger partial charge < -0.3 is 67.7 Å². The number of hydrogen-bond donors (Lipinski definition) is 13. The first-order chi connectivity index (χ1) is 23.6. The molecule has 23 nitrogen and oxygen atoms in total. The highest BCUT2D eigenvalue weighted by atomic mass is 16.4. The molecule has 276 valence electrons. The highest BCUT2D eigenvalue weighted by Crippen LogP contribution is 2.05. The molecule has 1 aliphatic rings. The molecule has 2 rings (SSSR count). The van der Waals surface area contributed by atoms with Crippen molar-refractivity contribution in [3.63, 3.8) is 0 Å². The van der Waals surface area contributed by atoms with Crippen molar-refractivity contribution < 1.29 is 68.7 Å². The molecule has 1 aromatic heterocycles. The Morgan fingerprint density at radius 1 is 0.740 bits per heavy atom. The number of carboxylic acids is 3. The van der Waals surface area contributed by atoms with Gasteiger partial charge in [-0.3, -0.25) is 38.4 Å². The van der Waals surface area contributed by atoms with Crippen LogP contribution in [0.15, 0.2) is 12.5 Å². The number of imidazole rings is 1. The van der Waals surface area contributed by atoms with Crippen LogP contribution in [0.1, 0.15) is 31.4 Å². The van der Waals surface area contributed by atoms with Gasteiger partial charge in [-0.1, -0.05) is 0 Å². The molecule has 0 aliphatic carbocycles. The molecule has 23 heteroatoms. The Hall–Kier alpha value is -5.68. The largest absolute Gasteiger partial charge is 0.481 e. The number of aromatic amines is 1. The molecule has 50 heavy (non-hydrogen) atoms. The third kappa shape index (κ3) is 13.4. The fourth-order valence-electron chi connectivity index (χ4n) is 4.51. The van der Waals surface area contributed by atoms with Crippen molar-refractivity contribution in [3.05, 3.63) is 18.2 Å². The maximum absolute atomic E-state index is 13.0. The first-order valence-electron chi connectivity index (χ1n) is 15.0. The second-order valence-electron chi connectivity index (χ2n) is 10.9. The van der Waals surface area contributed by atoms with E-state index >= 15 is 0 Å². The SMILES string of the molecule is O=C(O)CC(NC(=O)CNC(=O)C1CCCN1)C(=O)NC(CC(=O)O)C(=O)NC(CO)C(=O)NC(CO)C(=O)NC(Cc1cnc[nH]1)C(=O)O. The van der Waals surface area contributed by atoms with Crippen molar-refractivity contribution in [1.82, 2.24) is 47.2 Å². The molecule has 1 aromatic rings. The normalized spacial score (nSPS) is 16.7. The van der Waals surface area contributed by atoms with E-state index in [0.29, 0.717) is 18.7 Å². The molecule has 6 amide bonds. The average molecular weight is 714 g/mol. The van der Waals surface area contributed by atoms with Crippen LogP contribution >= 0.6 is 0 Å². The number of nitrogens with zero attached hydrogens (tertiary/aromatic N) is 1. The lowest BCUT2D eigenvalue weighted by Crippen LogP contribution is -2.60. The molecule has 1 fully saturated rings. The summed E-state index contributed by atoms with van der Waals surface area (Å²) in [6.07, 6.45) is 1.46. The van der Waals surface area contributed by atoms with Gasteiger partial charge in [-0.25, -0.2) is 9.78 Å². The quantitative estimate of drug-likeness (QED) is 0.0563. The van der Waals surface area contributed by atoms with Gasteiger partial charge >= 0.3 is 17.9 Å². The van der Waals surface area contributed by atoms with E-state index < -0.39 is 122 Å². The van der Waals surface area contributed by atoms with Crippen molar-refractivity contribution in [2.75, 3.05) is 26.3 Å². The highest BCUT2D eigenvalue weighted by molar-refractivity contribution is 5.98. The van der Waals surface area contributed by atoms with Crippen LogP contribution in [0.2, 0.25) is 0 Å². The maximum atomic E-state index is 13.0. The maximum Gasteiger partial charge on any atom is 0.326 e. The lowest BCUT2D eigenvalue weighted by Gasteiger charge is -2.25. The topological polar surface area (TPSA) is 368 Å². The second-order valence-corrected chi connectivity index (χ2v) is 10.9. The van der Waals surface area contributed by atoms with Crippen LogP contribution in [0.5, 0.6) is 0 Å². The van der Waals surface area contributed by atoms with Gasteiger partial charge in [0.2, 0.25) is 35.4 Å². The number of carboxylic acid groups (broad SMARTS) is 3. The minimum Gasteiger partial charge on any atom is -0.481 e. The van der Waals surface area contributed by atoms with Crippen molar-refractivity contribution in [2.24, 2.45) is 0 Å². The van der Waals surface area contributed by atoms with Gasteiger partial charge in [-0.15, -0.1) is 0 Å². The Morgan fingerprint density at radius 3 is 1.68 bits per heavy atom. The monoisotopic (exact) mass is 713 g/mol. The zero-order valence-electron chi connectivity index (χ0n) is 26.3. The predicted molar refractivity (Wildman–Crippen MR) is 162 cm³/mol. The second kappa shape index (κ2) is 20.0. The third-order valence-electron chi connectivity index (χ3n) is 7.07. The van der Waals surface area contributed by atoms with Gasteiger partial charge in [0.05, 0.1) is 45.0 Å². The number of hydrogen-bond acceptors (Lipinski definition) is 13. The summed E-state index contributed by atoms with van der Waals surface area (Å²) in [5.41, 5.74) is 0.339. The first-order valence-corrected chi connectivity index (χ1v) is 15.0. The van der Waals surface area contributed by atoms with Gasteiger partial charge in [0, 0.05) is 18.3 Å². The molecular formula is C27H39N9O14. The van der Waals surface area contributed by atoms with Crippen molar-refractivity contribution in [3.8, 4) is 0 Å². The van der Waals surface area contributed by atoms with Crippen molar-refractivity contribution >= 4 is 53.4 Å². The lowest BCUT2D eigenvalue weighted by atomic mass is 10.1. The average Bonchev–Trinajstić information content (AvgIpc) is 3.78.